The van der Waals surface area contributed by atoms with Crippen molar-refractivity contribution in [3.63, 3.8) is 0 Å². The summed E-state index contributed by atoms with van der Waals surface area (Å²) >= 11 is 0. The molecule has 8 atom stereocenters. The highest BCUT2D eigenvalue weighted by Gasteiger charge is 2.61. The second kappa shape index (κ2) is 9.37. The summed E-state index contributed by atoms with van der Waals surface area (Å²) in [7, 11) is -3.25. The van der Waals surface area contributed by atoms with E-state index < -0.39 is 16.6 Å². The van der Waals surface area contributed by atoms with E-state index in [4.69, 9.17) is 8.85 Å². The largest absolute Gasteiger partial charge is 0.414 e. The van der Waals surface area contributed by atoms with Crippen LogP contribution in [0, 0.1) is 34.5 Å². The summed E-state index contributed by atoms with van der Waals surface area (Å²) < 4.78 is 13.7. The lowest BCUT2D eigenvalue weighted by atomic mass is 9.45. The zero-order chi connectivity index (χ0) is 24.1. The van der Waals surface area contributed by atoms with Crippen LogP contribution in [-0.2, 0) is 8.85 Å². The molecule has 0 aromatic rings. The van der Waals surface area contributed by atoms with Gasteiger partial charge in [0.15, 0.2) is 16.6 Å². The molecule has 4 heteroatoms. The first-order valence-electron chi connectivity index (χ1n) is 14.0. The van der Waals surface area contributed by atoms with Crippen molar-refractivity contribution in [2.24, 2.45) is 34.5 Å². The molecule has 0 radical (unpaired) electrons. The number of rotatable bonds is 8. The van der Waals surface area contributed by atoms with Crippen molar-refractivity contribution in [1.29, 1.82) is 0 Å². The molecule has 0 spiro atoms. The maximum absolute atomic E-state index is 6.95. The second-order valence-corrected chi connectivity index (χ2v) is 22.2. The Kier molecular flexibility index (Phi) is 7.36. The average Bonchev–Trinajstić information content (AvgIpc) is 3.03. The van der Waals surface area contributed by atoms with Crippen LogP contribution in [0.5, 0.6) is 0 Å². The minimum atomic E-state index is -1.65. The second-order valence-electron chi connectivity index (χ2n) is 13.9. The highest BCUT2D eigenvalue weighted by Crippen LogP contribution is 2.67. The summed E-state index contributed by atoms with van der Waals surface area (Å²) in [5, 5.41) is 0. The molecular weight excluding hydrogens is 436 g/mol. The molecule has 0 aromatic heterocycles. The van der Waals surface area contributed by atoms with Crippen LogP contribution >= 0.6 is 0 Å². The summed E-state index contributed by atoms with van der Waals surface area (Å²) in [6.45, 7) is 22.8. The van der Waals surface area contributed by atoms with Gasteiger partial charge in [0.2, 0.25) is 0 Å². The van der Waals surface area contributed by atoms with Crippen molar-refractivity contribution < 1.29 is 8.85 Å². The molecule has 0 heterocycles. The van der Waals surface area contributed by atoms with Gasteiger partial charge in [0, 0.05) is 6.10 Å². The lowest BCUT2D eigenvalue weighted by molar-refractivity contribution is -0.130. The van der Waals surface area contributed by atoms with E-state index in [1.165, 1.54) is 57.8 Å². The van der Waals surface area contributed by atoms with Gasteiger partial charge in [0.1, 0.15) is 0 Å². The van der Waals surface area contributed by atoms with Crippen molar-refractivity contribution in [2.75, 3.05) is 0 Å². The van der Waals surface area contributed by atoms with Crippen molar-refractivity contribution in [3.8, 4) is 0 Å². The predicted octanol–water partition coefficient (Wildman–Crippen LogP) is 8.58. The number of hydrogen-bond acceptors (Lipinski definition) is 2. The van der Waals surface area contributed by atoms with Gasteiger partial charge in [-0.3, -0.25) is 0 Å². The summed E-state index contributed by atoms with van der Waals surface area (Å²) in [5.41, 5.74) is 0.931. The molecule has 4 fully saturated rings. The van der Waals surface area contributed by atoms with Gasteiger partial charge in [-0.25, -0.2) is 0 Å². The zero-order valence-electron chi connectivity index (χ0n) is 22.6. The van der Waals surface area contributed by atoms with Crippen LogP contribution in [0.15, 0.2) is 25.3 Å². The Balaban J connectivity index is 1.45. The molecular formula is C29H52O2Si2. The summed E-state index contributed by atoms with van der Waals surface area (Å²) in [5.74, 6) is 3.58. The van der Waals surface area contributed by atoms with Crippen molar-refractivity contribution >= 4 is 16.6 Å². The van der Waals surface area contributed by atoms with Crippen molar-refractivity contribution in [2.45, 2.75) is 122 Å². The first kappa shape index (κ1) is 25.9. The molecule has 0 aromatic carbocycles. The Bertz CT molecular complexity index is 733. The minimum absolute atomic E-state index is 0.399. The van der Waals surface area contributed by atoms with E-state index in [2.05, 4.69) is 65.3 Å². The summed E-state index contributed by atoms with van der Waals surface area (Å²) in [6, 6.07) is 2.15. The van der Waals surface area contributed by atoms with Crippen LogP contribution in [0.4, 0.5) is 0 Å². The number of allylic oxidation sites excluding steroid dienone is 2. The average molecular weight is 489 g/mol. The standard InChI is InChI=1S/C29H52O2Si2/c1-9-19-32(5,6)30-23-15-17-28(3)22(21-23)11-12-24-25-13-14-27(31-33(7,8)20-10-2)29(25,4)18-16-26(24)28/h9-10,22-27H,1-2,11-21H2,3-8H3. The third-order valence-corrected chi connectivity index (χ3v) is 15.2. The Morgan fingerprint density at radius 2 is 1.36 bits per heavy atom. The fraction of sp³-hybridized carbons (Fsp3) is 0.862. The molecule has 33 heavy (non-hydrogen) atoms. The van der Waals surface area contributed by atoms with Crippen molar-refractivity contribution in [3.05, 3.63) is 25.3 Å². The van der Waals surface area contributed by atoms with Gasteiger partial charge in [0.25, 0.3) is 0 Å². The molecule has 2 nitrogen and oxygen atoms in total. The van der Waals surface area contributed by atoms with E-state index in [0.717, 1.165) is 35.8 Å². The fourth-order valence-electron chi connectivity index (χ4n) is 9.10. The Hall–Kier alpha value is -0.166. The molecule has 0 aliphatic heterocycles. The molecule has 8 unspecified atom stereocenters. The van der Waals surface area contributed by atoms with Crippen LogP contribution in [-0.4, -0.2) is 28.8 Å². The quantitative estimate of drug-likeness (QED) is 0.251. The van der Waals surface area contributed by atoms with E-state index in [-0.39, 0.29) is 0 Å². The third-order valence-electron chi connectivity index (χ3n) is 10.7. The maximum atomic E-state index is 6.95. The smallest absolute Gasteiger partial charge is 0.190 e. The van der Waals surface area contributed by atoms with Crippen LogP contribution in [0.1, 0.15) is 71.6 Å². The van der Waals surface area contributed by atoms with Crippen LogP contribution < -0.4 is 0 Å². The molecule has 0 amide bonds. The van der Waals surface area contributed by atoms with Crippen LogP contribution in [0.2, 0.25) is 38.3 Å². The number of fused-ring (bicyclic) bond motifs is 5. The summed E-state index contributed by atoms with van der Waals surface area (Å²) in [6.07, 6.45) is 17.5. The SMILES string of the molecule is C=CC[Si](C)(C)OC1CCC2(C)C(CCC3C2CCC2(C)C(O[Si](C)(C)CC=C)CCC32)C1. The molecule has 0 bridgehead atoms. The number of hydrogen-bond donors (Lipinski definition) is 0. The van der Waals surface area contributed by atoms with E-state index in [0.29, 0.717) is 23.0 Å². The molecule has 0 saturated heterocycles. The minimum Gasteiger partial charge on any atom is -0.414 e. The topological polar surface area (TPSA) is 18.5 Å². The van der Waals surface area contributed by atoms with E-state index in [9.17, 15) is 0 Å². The molecule has 4 rings (SSSR count). The predicted molar refractivity (Wildman–Crippen MR) is 146 cm³/mol. The fourth-order valence-corrected chi connectivity index (χ4v) is 13.0. The molecule has 4 saturated carbocycles. The highest BCUT2D eigenvalue weighted by molar-refractivity contribution is 6.72. The lowest BCUT2D eigenvalue weighted by Gasteiger charge is -2.61. The monoisotopic (exact) mass is 488 g/mol. The van der Waals surface area contributed by atoms with Gasteiger partial charge in [0.05, 0.1) is 6.10 Å². The van der Waals surface area contributed by atoms with E-state index in [1.54, 1.807) is 0 Å². The molecule has 4 aliphatic rings. The molecule has 0 N–H and O–H groups in total. The van der Waals surface area contributed by atoms with Gasteiger partial charge in [-0.2, -0.15) is 0 Å². The van der Waals surface area contributed by atoms with Crippen LogP contribution in [0.25, 0.3) is 0 Å². The zero-order valence-corrected chi connectivity index (χ0v) is 24.6. The normalized spacial score (nSPS) is 43.3. The lowest BCUT2D eigenvalue weighted by Crippen LogP contribution is -2.55. The summed E-state index contributed by atoms with van der Waals surface area (Å²) in [4.78, 5) is 0. The van der Waals surface area contributed by atoms with E-state index in [1.807, 2.05) is 0 Å². The van der Waals surface area contributed by atoms with Crippen LogP contribution in [0.3, 0.4) is 0 Å². The van der Waals surface area contributed by atoms with Gasteiger partial charge in [-0.15, -0.1) is 13.2 Å². The van der Waals surface area contributed by atoms with Gasteiger partial charge in [-0.1, -0.05) is 26.0 Å². The van der Waals surface area contributed by atoms with Crippen molar-refractivity contribution in [1.82, 2.24) is 0 Å². The van der Waals surface area contributed by atoms with Gasteiger partial charge < -0.3 is 8.85 Å². The van der Waals surface area contributed by atoms with E-state index >= 15 is 0 Å². The Morgan fingerprint density at radius 1 is 0.758 bits per heavy atom. The Morgan fingerprint density at radius 3 is 2.03 bits per heavy atom. The first-order chi connectivity index (χ1) is 15.4. The van der Waals surface area contributed by atoms with Gasteiger partial charge in [-0.05, 0) is 131 Å². The highest BCUT2D eigenvalue weighted by atomic mass is 28.4. The molecule has 188 valence electrons. The molecule has 4 aliphatic carbocycles. The third kappa shape index (κ3) is 4.93. The maximum Gasteiger partial charge on any atom is 0.190 e. The van der Waals surface area contributed by atoms with Gasteiger partial charge >= 0.3 is 0 Å². The Labute approximate surface area is 207 Å². The first-order valence-corrected chi connectivity index (χ1v) is 20.2.